The molecule has 0 unspecified atom stereocenters. The molecular weight excluding hydrogens is 636 g/mol. The van der Waals surface area contributed by atoms with Gasteiger partial charge in [0.2, 0.25) is 17.7 Å². The second-order valence-electron chi connectivity index (χ2n) is 11.0. The van der Waals surface area contributed by atoms with Crippen LogP contribution in [-0.2, 0) is 21.0 Å². The molecule has 48 heavy (non-hydrogen) atoms. The van der Waals surface area contributed by atoms with E-state index in [0.29, 0.717) is 54.3 Å². The lowest BCUT2D eigenvalue weighted by atomic mass is 10.0. The van der Waals surface area contributed by atoms with Crippen molar-refractivity contribution in [3.8, 4) is 5.75 Å². The molecule has 0 aliphatic heterocycles. The number of benzene rings is 3. The molecule has 13 nitrogen and oxygen atoms in total. The molecule has 0 radical (unpaired) electrons. The van der Waals surface area contributed by atoms with Crippen molar-refractivity contribution in [1.82, 2.24) is 16.0 Å². The molecule has 0 aromatic heterocycles. The van der Waals surface area contributed by atoms with E-state index in [0.717, 1.165) is 5.56 Å². The Hall–Kier alpha value is -5.14. The second kappa shape index (κ2) is 19.5. The van der Waals surface area contributed by atoms with E-state index in [4.69, 9.17) is 39.3 Å². The molecule has 0 aliphatic rings. The fourth-order valence-electron chi connectivity index (χ4n) is 4.70. The van der Waals surface area contributed by atoms with Gasteiger partial charge in [0.1, 0.15) is 30.5 Å². The predicted octanol–water partition coefficient (Wildman–Crippen LogP) is 2.03. The van der Waals surface area contributed by atoms with Gasteiger partial charge in [-0.2, -0.15) is 0 Å². The van der Waals surface area contributed by atoms with Gasteiger partial charge in [-0.3, -0.25) is 24.2 Å². The molecule has 0 fully saturated rings. The number of unbranched alkanes of at least 4 members (excludes halogenated alkanes) is 1. The minimum Gasteiger partial charge on any atom is -0.489 e. The summed E-state index contributed by atoms with van der Waals surface area (Å²) >= 11 is 5.94. The summed E-state index contributed by atoms with van der Waals surface area (Å²) in [5, 5.41) is 8.79. The van der Waals surface area contributed by atoms with Crippen LogP contribution >= 0.6 is 11.6 Å². The first-order valence-electron chi connectivity index (χ1n) is 15.6. The van der Waals surface area contributed by atoms with Crippen LogP contribution in [0.5, 0.6) is 5.75 Å². The van der Waals surface area contributed by atoms with Crippen LogP contribution in [0.1, 0.15) is 59.6 Å². The third-order valence-electron chi connectivity index (χ3n) is 7.29. The zero-order valence-electron chi connectivity index (χ0n) is 26.6. The van der Waals surface area contributed by atoms with E-state index in [2.05, 4.69) is 20.9 Å². The summed E-state index contributed by atoms with van der Waals surface area (Å²) in [7, 11) is 0. The van der Waals surface area contributed by atoms with Crippen LogP contribution in [-0.4, -0.2) is 54.8 Å². The Morgan fingerprint density at radius 1 is 0.750 bits per heavy atom. The Bertz CT molecular complexity index is 1520. The highest BCUT2D eigenvalue weighted by Gasteiger charge is 2.29. The molecule has 0 saturated heterocycles. The number of nitrogens with zero attached hydrogens (tertiary/aromatic N) is 1. The summed E-state index contributed by atoms with van der Waals surface area (Å²) in [5.74, 6) is -2.02. The predicted molar refractivity (Wildman–Crippen MR) is 185 cm³/mol. The van der Waals surface area contributed by atoms with E-state index in [-0.39, 0.29) is 25.3 Å². The Labute approximate surface area is 284 Å². The number of aliphatic imine (C=N–C) groups is 1. The van der Waals surface area contributed by atoms with Crippen LogP contribution in [0.4, 0.5) is 0 Å². The van der Waals surface area contributed by atoms with Gasteiger partial charge < -0.3 is 43.6 Å². The van der Waals surface area contributed by atoms with Crippen molar-refractivity contribution in [3.63, 3.8) is 0 Å². The quantitative estimate of drug-likeness (QED) is 0.0562. The van der Waals surface area contributed by atoms with Crippen molar-refractivity contribution < 1.29 is 23.9 Å². The van der Waals surface area contributed by atoms with E-state index in [9.17, 15) is 19.2 Å². The summed E-state index contributed by atoms with van der Waals surface area (Å²) in [6.45, 7) is 0.927. The van der Waals surface area contributed by atoms with Crippen molar-refractivity contribution >= 4 is 41.2 Å². The van der Waals surface area contributed by atoms with Crippen molar-refractivity contribution in [3.05, 3.63) is 101 Å². The molecule has 3 aromatic rings. The van der Waals surface area contributed by atoms with Gasteiger partial charge in [0.05, 0.1) is 0 Å². The number of rotatable bonds is 19. The fourth-order valence-corrected chi connectivity index (χ4v) is 4.83. The van der Waals surface area contributed by atoms with Gasteiger partial charge in [0.25, 0.3) is 5.91 Å². The lowest BCUT2D eigenvalue weighted by Gasteiger charge is -2.25. The molecule has 11 N–H and O–H groups in total. The third-order valence-corrected chi connectivity index (χ3v) is 7.54. The number of carbonyl (C=O) groups is 4. The van der Waals surface area contributed by atoms with Crippen molar-refractivity contribution in [2.75, 3.05) is 13.1 Å². The molecule has 3 atom stereocenters. The first-order valence-corrected chi connectivity index (χ1v) is 15.9. The SMILES string of the molecule is NCCCC[C@H](NC(=O)[C@H](CCCN=C(N)N)NC(=O)c1ccccc1)C(=O)N[C@@H](C(N)=O)c1ccc(OCc2ccc(Cl)cc2)cc1. The van der Waals surface area contributed by atoms with E-state index < -0.39 is 41.8 Å². The molecular formula is C34H43ClN8O5. The average Bonchev–Trinajstić information content (AvgIpc) is 3.08. The van der Waals surface area contributed by atoms with Gasteiger partial charge in [-0.15, -0.1) is 0 Å². The number of hydrogen-bond acceptors (Lipinski definition) is 7. The highest BCUT2D eigenvalue weighted by atomic mass is 35.5. The number of carbonyl (C=O) groups excluding carboxylic acids is 4. The van der Waals surface area contributed by atoms with Crippen LogP contribution in [0.15, 0.2) is 83.9 Å². The van der Waals surface area contributed by atoms with Crippen LogP contribution in [0, 0.1) is 0 Å². The molecule has 0 spiro atoms. The standard InChI is InChI=1S/C34H43ClN8O5/c35-25-15-11-22(12-16-25)21-48-26-17-13-23(14-18-26)29(30(37)44)43-33(47)27(9-4-5-19-36)42-32(46)28(10-6-20-40-34(38)39)41-31(45)24-7-2-1-3-8-24/h1-3,7-8,11-18,27-29H,4-6,9-10,19-21,36H2,(H2,37,44)(H,41,45)(H,42,46)(H,43,47)(H4,38,39,40)/t27-,28-,29+/m0/s1. The fraction of sp³-hybridized carbons (Fsp3) is 0.324. The number of nitrogens with two attached hydrogens (primary N) is 4. The molecule has 3 aromatic carbocycles. The summed E-state index contributed by atoms with van der Waals surface area (Å²) in [6.07, 6.45) is 1.91. The molecule has 256 valence electrons. The number of nitrogens with one attached hydrogen (secondary N) is 3. The zero-order chi connectivity index (χ0) is 34.9. The Morgan fingerprint density at radius 3 is 2.00 bits per heavy atom. The van der Waals surface area contributed by atoms with Crippen molar-refractivity contribution in [2.24, 2.45) is 27.9 Å². The van der Waals surface area contributed by atoms with Gasteiger partial charge in [-0.1, -0.05) is 54.1 Å². The third kappa shape index (κ3) is 12.6. The molecule has 0 heterocycles. The van der Waals surface area contributed by atoms with Crippen LogP contribution in [0.3, 0.4) is 0 Å². The average molecular weight is 679 g/mol. The Kier molecular flexibility index (Phi) is 15.2. The molecule has 0 bridgehead atoms. The number of ether oxygens (including phenoxy) is 1. The lowest BCUT2D eigenvalue weighted by Crippen LogP contribution is -2.54. The summed E-state index contributed by atoms with van der Waals surface area (Å²) in [4.78, 5) is 56.5. The van der Waals surface area contributed by atoms with Gasteiger partial charge >= 0.3 is 0 Å². The van der Waals surface area contributed by atoms with Crippen LogP contribution in [0.25, 0.3) is 0 Å². The van der Waals surface area contributed by atoms with Crippen LogP contribution in [0.2, 0.25) is 5.02 Å². The summed E-state index contributed by atoms with van der Waals surface area (Å²) in [5.41, 5.74) is 23.9. The van der Waals surface area contributed by atoms with E-state index >= 15 is 0 Å². The zero-order valence-corrected chi connectivity index (χ0v) is 27.3. The monoisotopic (exact) mass is 678 g/mol. The maximum atomic E-state index is 13.6. The van der Waals surface area contributed by atoms with E-state index in [1.54, 1.807) is 66.7 Å². The van der Waals surface area contributed by atoms with E-state index in [1.165, 1.54) is 0 Å². The maximum absolute atomic E-state index is 13.6. The molecule has 0 aliphatic carbocycles. The minimum absolute atomic E-state index is 0.0925. The van der Waals surface area contributed by atoms with Gasteiger partial charge in [0.15, 0.2) is 5.96 Å². The smallest absolute Gasteiger partial charge is 0.251 e. The number of amides is 4. The maximum Gasteiger partial charge on any atom is 0.251 e. The van der Waals surface area contributed by atoms with Gasteiger partial charge in [0, 0.05) is 17.1 Å². The minimum atomic E-state index is -1.19. The van der Waals surface area contributed by atoms with Gasteiger partial charge in [-0.05, 0) is 86.2 Å². The lowest BCUT2D eigenvalue weighted by molar-refractivity contribution is -0.132. The highest BCUT2D eigenvalue weighted by Crippen LogP contribution is 2.20. The topological polar surface area (TPSA) is 230 Å². The Morgan fingerprint density at radius 2 is 1.38 bits per heavy atom. The normalized spacial score (nSPS) is 12.5. The summed E-state index contributed by atoms with van der Waals surface area (Å²) < 4.78 is 5.82. The van der Waals surface area contributed by atoms with E-state index in [1.807, 2.05) is 12.1 Å². The molecule has 3 rings (SSSR count). The van der Waals surface area contributed by atoms with Crippen LogP contribution < -0.4 is 43.6 Å². The highest BCUT2D eigenvalue weighted by molar-refractivity contribution is 6.30. The number of primary amides is 1. The Balaban J connectivity index is 1.72. The van der Waals surface area contributed by atoms with Crippen molar-refractivity contribution in [1.29, 1.82) is 0 Å². The van der Waals surface area contributed by atoms with Gasteiger partial charge in [-0.25, -0.2) is 0 Å². The van der Waals surface area contributed by atoms with Crippen molar-refractivity contribution in [2.45, 2.75) is 56.8 Å². The number of hydrogen-bond donors (Lipinski definition) is 7. The molecule has 0 saturated carbocycles. The first kappa shape index (κ1) is 37.3. The molecule has 4 amide bonds. The number of halogens is 1. The largest absolute Gasteiger partial charge is 0.489 e. The molecule has 14 heteroatoms. The first-order chi connectivity index (χ1) is 23.1. The summed E-state index contributed by atoms with van der Waals surface area (Å²) in [6, 6.07) is 19.0. The number of guanidine groups is 1. The second-order valence-corrected chi connectivity index (χ2v) is 11.5.